The molecule has 3 saturated heterocycles. The van der Waals surface area contributed by atoms with Crippen molar-refractivity contribution in [1.82, 2.24) is 15.5 Å². The van der Waals surface area contributed by atoms with Crippen LogP contribution in [0.2, 0.25) is 0 Å². The molecule has 1 atom stereocenters. The lowest BCUT2D eigenvalue weighted by Crippen LogP contribution is -2.52. The zero-order valence-electron chi connectivity index (χ0n) is 15.7. The van der Waals surface area contributed by atoms with Crippen LogP contribution in [0, 0.1) is 0 Å². The van der Waals surface area contributed by atoms with Gasteiger partial charge in [-0.25, -0.2) is 0 Å². The smallest absolute Gasteiger partial charge is 0.249 e. The Morgan fingerprint density at radius 2 is 1.78 bits per heavy atom. The summed E-state index contributed by atoms with van der Waals surface area (Å²) in [6.45, 7) is 6.56. The molecule has 1 aromatic rings. The van der Waals surface area contributed by atoms with Crippen molar-refractivity contribution in [2.45, 2.75) is 37.8 Å². The van der Waals surface area contributed by atoms with Crippen molar-refractivity contribution in [3.8, 4) is 0 Å². The number of carbonyl (C=O) groups excluding carboxylic acids is 2. The fourth-order valence-electron chi connectivity index (χ4n) is 4.34. The number of amides is 2. The standard InChI is InChI=1S/C20H29N5O2/c26-19-5-4-18(20(27)23-19)22-15-2-1-3-17(14-15)25-12-10-24(11-13-25)16-6-8-21-9-7-16/h1-3,14,16,18,21-22H,4-13H2,(H,23,26,27)/t18-/m0/s1. The SMILES string of the molecule is O=C1CC[C@H](Nc2cccc(N3CCN(C4CCNCC4)CC3)c2)C(=O)N1. The maximum absolute atomic E-state index is 12.0. The molecule has 0 aromatic heterocycles. The van der Waals surface area contributed by atoms with Crippen LogP contribution in [-0.2, 0) is 9.59 Å². The Kier molecular flexibility index (Phi) is 5.59. The molecule has 7 nitrogen and oxygen atoms in total. The zero-order chi connectivity index (χ0) is 18.6. The minimum absolute atomic E-state index is 0.182. The number of benzene rings is 1. The largest absolute Gasteiger partial charge is 0.374 e. The Hall–Kier alpha value is -2.12. The third-order valence-corrected chi connectivity index (χ3v) is 5.93. The van der Waals surface area contributed by atoms with Crippen molar-refractivity contribution in [1.29, 1.82) is 0 Å². The summed E-state index contributed by atoms with van der Waals surface area (Å²) in [5.74, 6) is -0.411. The second-order valence-corrected chi connectivity index (χ2v) is 7.70. The summed E-state index contributed by atoms with van der Waals surface area (Å²) in [4.78, 5) is 28.3. The van der Waals surface area contributed by atoms with E-state index in [9.17, 15) is 9.59 Å². The molecule has 3 fully saturated rings. The van der Waals surface area contributed by atoms with Gasteiger partial charge in [0.1, 0.15) is 6.04 Å². The highest BCUT2D eigenvalue weighted by atomic mass is 16.2. The van der Waals surface area contributed by atoms with E-state index in [4.69, 9.17) is 0 Å². The van der Waals surface area contributed by atoms with E-state index in [1.807, 2.05) is 12.1 Å². The molecular formula is C20H29N5O2. The van der Waals surface area contributed by atoms with Crippen LogP contribution in [-0.4, -0.2) is 68.1 Å². The lowest BCUT2D eigenvalue weighted by molar-refractivity contribution is -0.133. The number of anilines is 2. The van der Waals surface area contributed by atoms with Gasteiger partial charge in [0.15, 0.2) is 0 Å². The summed E-state index contributed by atoms with van der Waals surface area (Å²) in [6.07, 6.45) is 3.45. The molecule has 3 N–H and O–H groups in total. The Morgan fingerprint density at radius 1 is 1.00 bits per heavy atom. The molecule has 27 heavy (non-hydrogen) atoms. The number of piperazine rings is 1. The average molecular weight is 371 g/mol. The summed E-state index contributed by atoms with van der Waals surface area (Å²) in [6, 6.07) is 8.66. The Balaban J connectivity index is 1.34. The minimum Gasteiger partial charge on any atom is -0.374 e. The molecule has 146 valence electrons. The van der Waals surface area contributed by atoms with Gasteiger partial charge in [0, 0.05) is 50.0 Å². The highest BCUT2D eigenvalue weighted by Gasteiger charge is 2.27. The first-order valence-corrected chi connectivity index (χ1v) is 10.1. The summed E-state index contributed by atoms with van der Waals surface area (Å²) in [5.41, 5.74) is 2.13. The van der Waals surface area contributed by atoms with Crippen LogP contribution in [0.1, 0.15) is 25.7 Å². The van der Waals surface area contributed by atoms with Gasteiger partial charge in [0.2, 0.25) is 11.8 Å². The van der Waals surface area contributed by atoms with Gasteiger partial charge in [-0.05, 0) is 50.6 Å². The van der Waals surface area contributed by atoms with Crippen LogP contribution in [0.4, 0.5) is 11.4 Å². The highest BCUT2D eigenvalue weighted by Crippen LogP contribution is 2.24. The number of hydrogen-bond donors (Lipinski definition) is 3. The van der Waals surface area contributed by atoms with Crippen LogP contribution < -0.4 is 20.9 Å². The van der Waals surface area contributed by atoms with Gasteiger partial charge in [-0.2, -0.15) is 0 Å². The van der Waals surface area contributed by atoms with Crippen LogP contribution >= 0.6 is 0 Å². The third-order valence-electron chi connectivity index (χ3n) is 5.93. The van der Waals surface area contributed by atoms with Gasteiger partial charge in [-0.15, -0.1) is 0 Å². The molecule has 3 heterocycles. The lowest BCUT2D eigenvalue weighted by atomic mass is 10.0. The van der Waals surface area contributed by atoms with E-state index in [0.717, 1.165) is 51.0 Å². The molecule has 0 saturated carbocycles. The van der Waals surface area contributed by atoms with Crippen LogP contribution in [0.15, 0.2) is 24.3 Å². The summed E-state index contributed by atoms with van der Waals surface area (Å²) >= 11 is 0. The predicted octanol–water partition coefficient (Wildman–Crippen LogP) is 0.778. The minimum atomic E-state index is -0.338. The van der Waals surface area contributed by atoms with E-state index in [0.29, 0.717) is 12.8 Å². The summed E-state index contributed by atoms with van der Waals surface area (Å²) < 4.78 is 0. The highest BCUT2D eigenvalue weighted by molar-refractivity contribution is 6.01. The lowest BCUT2D eigenvalue weighted by Gasteiger charge is -2.41. The second-order valence-electron chi connectivity index (χ2n) is 7.70. The quantitative estimate of drug-likeness (QED) is 0.679. The summed E-state index contributed by atoms with van der Waals surface area (Å²) in [7, 11) is 0. The van der Waals surface area contributed by atoms with Crippen LogP contribution in [0.3, 0.4) is 0 Å². The first-order valence-electron chi connectivity index (χ1n) is 10.1. The molecule has 0 unspecified atom stereocenters. The van der Waals surface area contributed by atoms with Gasteiger partial charge >= 0.3 is 0 Å². The Bertz CT molecular complexity index is 681. The van der Waals surface area contributed by atoms with Crippen molar-refractivity contribution in [2.24, 2.45) is 0 Å². The van der Waals surface area contributed by atoms with Crippen molar-refractivity contribution in [3.63, 3.8) is 0 Å². The van der Waals surface area contributed by atoms with E-state index < -0.39 is 0 Å². The zero-order valence-corrected chi connectivity index (χ0v) is 15.7. The first kappa shape index (κ1) is 18.3. The number of carbonyl (C=O) groups is 2. The molecule has 3 aliphatic rings. The van der Waals surface area contributed by atoms with E-state index in [-0.39, 0.29) is 17.9 Å². The van der Waals surface area contributed by atoms with Gasteiger partial charge in [0.05, 0.1) is 0 Å². The molecule has 1 aromatic carbocycles. The van der Waals surface area contributed by atoms with Crippen molar-refractivity contribution in [2.75, 3.05) is 49.5 Å². The van der Waals surface area contributed by atoms with Gasteiger partial charge in [-0.3, -0.25) is 19.8 Å². The molecule has 3 aliphatic heterocycles. The number of rotatable bonds is 4. The van der Waals surface area contributed by atoms with E-state index in [1.54, 1.807) is 0 Å². The molecule has 0 bridgehead atoms. The maximum Gasteiger partial charge on any atom is 0.249 e. The Morgan fingerprint density at radius 3 is 2.52 bits per heavy atom. The topological polar surface area (TPSA) is 76.7 Å². The molecule has 2 amide bonds. The maximum atomic E-state index is 12.0. The predicted molar refractivity (Wildman–Crippen MR) is 106 cm³/mol. The van der Waals surface area contributed by atoms with E-state index >= 15 is 0 Å². The van der Waals surface area contributed by atoms with Crippen LogP contribution in [0.25, 0.3) is 0 Å². The molecule has 0 radical (unpaired) electrons. The monoisotopic (exact) mass is 371 g/mol. The fraction of sp³-hybridized carbons (Fsp3) is 0.600. The molecule has 7 heteroatoms. The van der Waals surface area contributed by atoms with Gasteiger partial charge in [-0.1, -0.05) is 6.07 Å². The summed E-state index contributed by atoms with van der Waals surface area (Å²) in [5, 5.41) is 9.13. The van der Waals surface area contributed by atoms with Crippen LogP contribution in [0.5, 0.6) is 0 Å². The van der Waals surface area contributed by atoms with Crippen molar-refractivity contribution < 1.29 is 9.59 Å². The molecular weight excluding hydrogens is 342 g/mol. The van der Waals surface area contributed by atoms with Gasteiger partial charge < -0.3 is 15.5 Å². The Labute approximate surface area is 160 Å². The molecule has 0 aliphatic carbocycles. The van der Waals surface area contributed by atoms with Crippen molar-refractivity contribution in [3.05, 3.63) is 24.3 Å². The number of nitrogens with zero attached hydrogens (tertiary/aromatic N) is 2. The number of nitrogens with one attached hydrogen (secondary N) is 3. The molecule has 4 rings (SSSR count). The van der Waals surface area contributed by atoms with E-state index in [1.165, 1.54) is 18.5 Å². The number of hydrogen-bond acceptors (Lipinski definition) is 6. The number of piperidine rings is 2. The van der Waals surface area contributed by atoms with Crippen molar-refractivity contribution >= 4 is 23.2 Å². The third kappa shape index (κ3) is 4.42. The fourth-order valence-corrected chi connectivity index (χ4v) is 4.34. The first-order chi connectivity index (χ1) is 13.2. The number of imide groups is 1. The van der Waals surface area contributed by atoms with E-state index in [2.05, 4.69) is 37.9 Å². The van der Waals surface area contributed by atoms with Gasteiger partial charge in [0.25, 0.3) is 0 Å². The molecule has 0 spiro atoms. The average Bonchev–Trinajstić information content (AvgIpc) is 2.71. The normalized spacial score (nSPS) is 25.3. The second kappa shape index (κ2) is 8.27.